The molecule has 4 rings (SSSR count). The number of benzene rings is 2. The van der Waals surface area contributed by atoms with Crippen LogP contribution in [0.5, 0.6) is 5.75 Å². The second-order valence-corrected chi connectivity index (χ2v) is 9.00. The maximum Gasteiger partial charge on any atom is 0.255 e. The number of thiophene rings is 1. The highest BCUT2D eigenvalue weighted by molar-refractivity contribution is 7.19. The van der Waals surface area contributed by atoms with Crippen LogP contribution in [0.3, 0.4) is 0 Å². The highest BCUT2D eigenvalue weighted by atomic mass is 35.5. The molecule has 146 valence electrons. The van der Waals surface area contributed by atoms with Crippen molar-refractivity contribution in [2.75, 3.05) is 20.2 Å². The smallest absolute Gasteiger partial charge is 0.255 e. The molecular formula is C22H23ClN2O2S. The first-order chi connectivity index (χ1) is 13.5. The molecule has 1 amide bonds. The van der Waals surface area contributed by atoms with Gasteiger partial charge >= 0.3 is 0 Å². The first-order valence-corrected chi connectivity index (χ1v) is 10.6. The number of nitrogens with zero attached hydrogens (tertiary/aromatic N) is 1. The Kier molecular flexibility index (Phi) is 5.58. The lowest BCUT2D eigenvalue weighted by atomic mass is 10.1. The van der Waals surface area contributed by atoms with Crippen LogP contribution in [0.4, 0.5) is 0 Å². The van der Waals surface area contributed by atoms with Gasteiger partial charge in [-0.25, -0.2) is 0 Å². The zero-order valence-electron chi connectivity index (χ0n) is 16.0. The molecule has 6 heteroatoms. The third-order valence-corrected chi connectivity index (χ3v) is 6.36. The fraction of sp³-hybridized carbons (Fsp3) is 0.318. The molecule has 2 heterocycles. The number of aryl methyl sites for hydroxylation is 1. The number of amides is 1. The molecule has 1 N–H and O–H groups in total. The van der Waals surface area contributed by atoms with Gasteiger partial charge in [-0.2, -0.15) is 0 Å². The summed E-state index contributed by atoms with van der Waals surface area (Å²) in [7, 11) is 1.61. The van der Waals surface area contributed by atoms with E-state index in [1.54, 1.807) is 18.4 Å². The van der Waals surface area contributed by atoms with Crippen molar-refractivity contribution < 1.29 is 9.53 Å². The summed E-state index contributed by atoms with van der Waals surface area (Å²) in [6.45, 7) is 4.71. The van der Waals surface area contributed by atoms with Gasteiger partial charge in [0.15, 0.2) is 0 Å². The lowest BCUT2D eigenvalue weighted by Crippen LogP contribution is -2.37. The first kappa shape index (κ1) is 19.2. The van der Waals surface area contributed by atoms with Crippen LogP contribution in [0.25, 0.3) is 10.1 Å². The van der Waals surface area contributed by atoms with Crippen molar-refractivity contribution in [1.82, 2.24) is 10.2 Å². The molecule has 28 heavy (non-hydrogen) atoms. The zero-order chi connectivity index (χ0) is 19.7. The molecule has 1 saturated heterocycles. The maximum atomic E-state index is 12.9. The van der Waals surface area contributed by atoms with Gasteiger partial charge in [-0.1, -0.05) is 23.7 Å². The van der Waals surface area contributed by atoms with Crippen molar-refractivity contribution in [3.8, 4) is 5.75 Å². The average molecular weight is 415 g/mol. The van der Waals surface area contributed by atoms with Gasteiger partial charge in [0.1, 0.15) is 5.75 Å². The number of likely N-dealkylation sites (tertiary alicyclic amines) is 1. The van der Waals surface area contributed by atoms with Crippen LogP contribution in [0.2, 0.25) is 5.02 Å². The summed E-state index contributed by atoms with van der Waals surface area (Å²) in [5.74, 6) is 0.554. The highest BCUT2D eigenvalue weighted by Crippen LogP contribution is 2.32. The molecule has 2 aromatic carbocycles. The Labute approximate surface area is 174 Å². The van der Waals surface area contributed by atoms with Crippen LogP contribution >= 0.6 is 22.9 Å². The van der Waals surface area contributed by atoms with Gasteiger partial charge in [0.25, 0.3) is 5.91 Å². The van der Waals surface area contributed by atoms with E-state index in [0.29, 0.717) is 11.3 Å². The topological polar surface area (TPSA) is 41.6 Å². The Morgan fingerprint density at radius 3 is 2.96 bits per heavy atom. The van der Waals surface area contributed by atoms with Crippen molar-refractivity contribution in [1.29, 1.82) is 0 Å². The molecule has 1 aliphatic rings. The van der Waals surface area contributed by atoms with Crippen molar-refractivity contribution in [2.24, 2.45) is 0 Å². The number of rotatable bonds is 5. The van der Waals surface area contributed by atoms with Gasteiger partial charge < -0.3 is 10.1 Å². The monoisotopic (exact) mass is 414 g/mol. The largest absolute Gasteiger partial charge is 0.496 e. The van der Waals surface area contributed by atoms with Gasteiger partial charge in [-0.05, 0) is 54.6 Å². The SMILES string of the molecule is COc1cc2sc(C)cc2cc1C(=O)NC1CCN(Cc2cccc(Cl)c2)C1. The molecular weight excluding hydrogens is 392 g/mol. The van der Waals surface area contributed by atoms with E-state index < -0.39 is 0 Å². The van der Waals surface area contributed by atoms with Gasteiger partial charge in [0, 0.05) is 40.3 Å². The second kappa shape index (κ2) is 8.11. The normalized spacial score (nSPS) is 17.2. The fourth-order valence-electron chi connectivity index (χ4n) is 3.80. The van der Waals surface area contributed by atoms with Crippen LogP contribution in [0.1, 0.15) is 27.2 Å². The molecule has 0 aliphatic carbocycles. The van der Waals surface area contributed by atoms with Crippen molar-refractivity contribution in [2.45, 2.75) is 25.9 Å². The minimum Gasteiger partial charge on any atom is -0.496 e. The van der Waals surface area contributed by atoms with Crippen LogP contribution < -0.4 is 10.1 Å². The van der Waals surface area contributed by atoms with E-state index >= 15 is 0 Å². The second-order valence-electron chi connectivity index (χ2n) is 7.27. The van der Waals surface area contributed by atoms with Crippen LogP contribution in [-0.4, -0.2) is 37.0 Å². The van der Waals surface area contributed by atoms with Crippen LogP contribution in [-0.2, 0) is 6.54 Å². The third-order valence-electron chi connectivity index (χ3n) is 5.11. The van der Waals surface area contributed by atoms with E-state index in [-0.39, 0.29) is 11.9 Å². The fourth-order valence-corrected chi connectivity index (χ4v) is 4.95. The molecule has 0 radical (unpaired) electrons. The highest BCUT2D eigenvalue weighted by Gasteiger charge is 2.25. The summed E-state index contributed by atoms with van der Waals surface area (Å²) in [4.78, 5) is 16.5. The minimum absolute atomic E-state index is 0.0720. The molecule has 0 saturated carbocycles. The number of halogens is 1. The average Bonchev–Trinajstić information content (AvgIpc) is 3.25. The van der Waals surface area contributed by atoms with E-state index in [4.69, 9.17) is 16.3 Å². The standard InChI is InChI=1S/C22H23ClN2O2S/c1-14-8-16-10-19(20(27-2)11-21(16)28-14)22(26)24-18-6-7-25(13-18)12-15-4-3-5-17(23)9-15/h3-5,8-11,18H,6-7,12-13H2,1-2H3,(H,24,26). The molecule has 1 fully saturated rings. The van der Waals surface area contributed by atoms with E-state index in [1.807, 2.05) is 30.3 Å². The summed E-state index contributed by atoms with van der Waals surface area (Å²) in [6, 6.07) is 14.1. The van der Waals surface area contributed by atoms with Crippen molar-refractivity contribution in [3.05, 3.63) is 63.5 Å². The predicted molar refractivity (Wildman–Crippen MR) is 116 cm³/mol. The predicted octanol–water partition coefficient (Wildman–Crippen LogP) is 4.88. The van der Waals surface area contributed by atoms with Crippen LogP contribution in [0.15, 0.2) is 42.5 Å². The number of hydrogen-bond acceptors (Lipinski definition) is 4. The summed E-state index contributed by atoms with van der Waals surface area (Å²) in [5.41, 5.74) is 1.79. The Hall–Kier alpha value is -2.08. The van der Waals surface area contributed by atoms with Gasteiger partial charge in [-0.15, -0.1) is 11.3 Å². The lowest BCUT2D eigenvalue weighted by Gasteiger charge is -2.17. The van der Waals surface area contributed by atoms with Gasteiger partial charge in [0.05, 0.1) is 12.7 Å². The number of ether oxygens (including phenoxy) is 1. The maximum absolute atomic E-state index is 12.9. The molecule has 3 aromatic rings. The molecule has 4 nitrogen and oxygen atoms in total. The Morgan fingerprint density at radius 1 is 1.32 bits per heavy atom. The van der Waals surface area contributed by atoms with E-state index in [2.05, 4.69) is 29.3 Å². The number of carbonyl (C=O) groups is 1. The summed E-state index contributed by atoms with van der Waals surface area (Å²) in [6.07, 6.45) is 0.939. The summed E-state index contributed by atoms with van der Waals surface area (Å²) >= 11 is 7.79. The molecule has 1 unspecified atom stereocenters. The number of fused-ring (bicyclic) bond motifs is 1. The number of nitrogens with one attached hydrogen (secondary N) is 1. The molecule has 1 atom stereocenters. The molecule has 1 aromatic heterocycles. The molecule has 0 spiro atoms. The van der Waals surface area contributed by atoms with Gasteiger partial charge in [0.2, 0.25) is 0 Å². The van der Waals surface area contributed by atoms with Gasteiger partial charge in [-0.3, -0.25) is 9.69 Å². The number of carbonyl (C=O) groups excluding carboxylic acids is 1. The molecule has 0 bridgehead atoms. The Morgan fingerprint density at radius 2 is 2.18 bits per heavy atom. The summed E-state index contributed by atoms with van der Waals surface area (Å²) in [5, 5.41) is 5.03. The van der Waals surface area contributed by atoms with E-state index in [1.165, 1.54) is 10.4 Å². The minimum atomic E-state index is -0.0720. The first-order valence-electron chi connectivity index (χ1n) is 9.37. The van der Waals surface area contributed by atoms with Crippen molar-refractivity contribution >= 4 is 38.9 Å². The Bertz CT molecular complexity index is 1020. The molecule has 1 aliphatic heterocycles. The van der Waals surface area contributed by atoms with Crippen LogP contribution in [0, 0.1) is 6.92 Å². The lowest BCUT2D eigenvalue weighted by molar-refractivity contribution is 0.0935. The number of hydrogen-bond donors (Lipinski definition) is 1. The van der Waals surface area contributed by atoms with Crippen molar-refractivity contribution in [3.63, 3.8) is 0 Å². The quantitative estimate of drug-likeness (QED) is 0.647. The summed E-state index contributed by atoms with van der Waals surface area (Å²) < 4.78 is 6.62. The Balaban J connectivity index is 1.43. The van der Waals surface area contributed by atoms with E-state index in [9.17, 15) is 4.79 Å². The third kappa shape index (κ3) is 4.17. The van der Waals surface area contributed by atoms with E-state index in [0.717, 1.165) is 41.2 Å². The zero-order valence-corrected chi connectivity index (χ0v) is 17.6. The number of methoxy groups -OCH3 is 1.